The zero-order chi connectivity index (χ0) is 10.7. The lowest BCUT2D eigenvalue weighted by Gasteiger charge is -2.21. The Bertz CT molecular complexity index is 340. The first-order chi connectivity index (χ1) is 7.31. The van der Waals surface area contributed by atoms with E-state index in [2.05, 4.69) is 30.1 Å². The van der Waals surface area contributed by atoms with Crippen LogP contribution in [-0.4, -0.2) is 25.2 Å². The molecule has 1 aromatic carbocycles. The van der Waals surface area contributed by atoms with E-state index in [1.54, 1.807) is 0 Å². The Morgan fingerprint density at radius 2 is 2.33 bits per heavy atom. The largest absolute Gasteiger partial charge is 0.373 e. The number of alkyl halides is 1. The third kappa shape index (κ3) is 2.61. The van der Waals surface area contributed by atoms with Crippen LogP contribution in [0, 0.1) is 0 Å². The van der Waals surface area contributed by atoms with Crippen LogP contribution in [0.5, 0.6) is 0 Å². The van der Waals surface area contributed by atoms with Crippen LogP contribution in [0.25, 0.3) is 0 Å². The topological polar surface area (TPSA) is 3.24 Å². The van der Waals surface area contributed by atoms with Crippen LogP contribution in [0.2, 0.25) is 0 Å². The van der Waals surface area contributed by atoms with Crippen LogP contribution in [-0.2, 0) is 6.42 Å². The van der Waals surface area contributed by atoms with Crippen LogP contribution in [0.4, 0.5) is 5.69 Å². The van der Waals surface area contributed by atoms with Crippen LogP contribution in [0.3, 0.4) is 0 Å². The second-order valence-corrected chi connectivity index (χ2v) is 5.37. The van der Waals surface area contributed by atoms with Crippen molar-refractivity contribution >= 4 is 29.1 Å². The number of aryl methyl sites for hydroxylation is 1. The molecule has 0 fully saturated rings. The molecule has 0 N–H and O–H groups in total. The summed E-state index contributed by atoms with van der Waals surface area (Å²) in [6.45, 7) is 0.910. The zero-order valence-corrected chi connectivity index (χ0v) is 10.6. The summed E-state index contributed by atoms with van der Waals surface area (Å²) < 4.78 is 0. The number of nitrogens with zero attached hydrogens (tertiary/aromatic N) is 1. The Labute approximate surface area is 101 Å². The van der Waals surface area contributed by atoms with E-state index in [1.165, 1.54) is 34.7 Å². The molecule has 0 saturated heterocycles. The Kier molecular flexibility index (Phi) is 3.81. The molecule has 1 heterocycles. The molecule has 15 heavy (non-hydrogen) atoms. The number of halogens is 1. The smallest absolute Gasteiger partial charge is 0.0399 e. The van der Waals surface area contributed by atoms with Gasteiger partial charge in [0.25, 0.3) is 0 Å². The van der Waals surface area contributed by atoms with Crippen molar-refractivity contribution in [2.45, 2.75) is 17.7 Å². The molecule has 0 bridgehead atoms. The second kappa shape index (κ2) is 5.13. The molecular weight excluding hydrogens is 226 g/mol. The van der Waals surface area contributed by atoms with Gasteiger partial charge < -0.3 is 4.90 Å². The van der Waals surface area contributed by atoms with E-state index in [1.807, 2.05) is 11.8 Å². The number of benzene rings is 1. The van der Waals surface area contributed by atoms with E-state index in [-0.39, 0.29) is 0 Å². The Balaban J connectivity index is 2.20. The summed E-state index contributed by atoms with van der Waals surface area (Å²) >= 11 is 7.72. The van der Waals surface area contributed by atoms with E-state index in [0.717, 1.165) is 6.54 Å². The van der Waals surface area contributed by atoms with Crippen molar-refractivity contribution in [3.05, 3.63) is 23.8 Å². The highest BCUT2D eigenvalue weighted by Crippen LogP contribution is 2.32. The fourth-order valence-electron chi connectivity index (χ4n) is 1.84. The Morgan fingerprint density at radius 3 is 3.13 bits per heavy atom. The van der Waals surface area contributed by atoms with Crippen molar-refractivity contribution in [3.63, 3.8) is 0 Å². The molecule has 0 unspecified atom stereocenters. The minimum atomic E-state index is 0.683. The van der Waals surface area contributed by atoms with Gasteiger partial charge in [-0.15, -0.1) is 23.4 Å². The fourth-order valence-corrected chi connectivity index (χ4v) is 3.11. The lowest BCUT2D eigenvalue weighted by Crippen LogP contribution is -2.19. The highest BCUT2D eigenvalue weighted by atomic mass is 35.5. The highest BCUT2D eigenvalue weighted by Gasteiger charge is 2.11. The molecule has 0 aromatic heterocycles. The van der Waals surface area contributed by atoms with Gasteiger partial charge >= 0.3 is 0 Å². The molecule has 0 atom stereocenters. The van der Waals surface area contributed by atoms with Gasteiger partial charge in [-0.05, 0) is 42.4 Å². The van der Waals surface area contributed by atoms with Gasteiger partial charge in [0.05, 0.1) is 0 Å². The van der Waals surface area contributed by atoms with Gasteiger partial charge in [-0.1, -0.05) is 0 Å². The SMILES string of the molecule is CN(CCCl)c1ccc2c(c1)CCCS2. The molecule has 3 heteroatoms. The van der Waals surface area contributed by atoms with Gasteiger partial charge in [0.15, 0.2) is 0 Å². The molecule has 1 aliphatic heterocycles. The Hall–Kier alpha value is -0.340. The van der Waals surface area contributed by atoms with E-state index in [9.17, 15) is 0 Å². The minimum absolute atomic E-state index is 0.683. The lowest BCUT2D eigenvalue weighted by atomic mass is 10.1. The van der Waals surface area contributed by atoms with Crippen molar-refractivity contribution in [2.24, 2.45) is 0 Å². The number of hydrogen-bond donors (Lipinski definition) is 0. The van der Waals surface area contributed by atoms with Crippen LogP contribution in [0.1, 0.15) is 12.0 Å². The fraction of sp³-hybridized carbons (Fsp3) is 0.500. The number of thioether (sulfide) groups is 1. The van der Waals surface area contributed by atoms with Crippen molar-refractivity contribution in [1.29, 1.82) is 0 Å². The van der Waals surface area contributed by atoms with E-state index >= 15 is 0 Å². The average Bonchev–Trinajstić information content (AvgIpc) is 2.29. The van der Waals surface area contributed by atoms with Crippen LogP contribution >= 0.6 is 23.4 Å². The zero-order valence-electron chi connectivity index (χ0n) is 9.00. The molecule has 0 spiro atoms. The van der Waals surface area contributed by atoms with Gasteiger partial charge in [0, 0.05) is 30.1 Å². The average molecular weight is 242 g/mol. The van der Waals surface area contributed by atoms with Gasteiger partial charge in [0.1, 0.15) is 0 Å². The first-order valence-electron chi connectivity index (χ1n) is 5.34. The van der Waals surface area contributed by atoms with E-state index < -0.39 is 0 Å². The maximum atomic E-state index is 5.74. The summed E-state index contributed by atoms with van der Waals surface area (Å²) in [5.74, 6) is 1.95. The van der Waals surface area contributed by atoms with E-state index in [0.29, 0.717) is 5.88 Å². The van der Waals surface area contributed by atoms with Crippen LogP contribution in [0.15, 0.2) is 23.1 Å². The summed E-state index contributed by atoms with van der Waals surface area (Å²) in [7, 11) is 2.10. The third-order valence-corrected chi connectivity index (χ3v) is 4.12. The molecule has 0 amide bonds. The number of fused-ring (bicyclic) bond motifs is 1. The summed E-state index contributed by atoms with van der Waals surface area (Å²) in [5, 5.41) is 0. The van der Waals surface area contributed by atoms with Gasteiger partial charge in [-0.3, -0.25) is 0 Å². The first-order valence-corrected chi connectivity index (χ1v) is 6.86. The molecule has 2 rings (SSSR count). The molecule has 1 nitrogen and oxygen atoms in total. The standard InChI is InChI=1S/C12H16ClNS/c1-14(7-6-13)11-4-5-12-10(9-11)3-2-8-15-12/h4-5,9H,2-3,6-8H2,1H3. The lowest BCUT2D eigenvalue weighted by molar-refractivity contribution is 0.883. The number of rotatable bonds is 3. The van der Waals surface area contributed by atoms with Crippen LogP contribution < -0.4 is 4.90 Å². The molecule has 0 aliphatic carbocycles. The normalized spacial score (nSPS) is 14.8. The van der Waals surface area contributed by atoms with Gasteiger partial charge in [0.2, 0.25) is 0 Å². The van der Waals surface area contributed by atoms with E-state index in [4.69, 9.17) is 11.6 Å². The summed E-state index contributed by atoms with van der Waals surface area (Å²) in [5.41, 5.74) is 2.79. The third-order valence-electron chi connectivity index (χ3n) is 2.75. The van der Waals surface area contributed by atoms with Crippen molar-refractivity contribution in [3.8, 4) is 0 Å². The predicted molar refractivity (Wildman–Crippen MR) is 69.5 cm³/mol. The maximum absolute atomic E-state index is 5.74. The molecule has 0 saturated carbocycles. The highest BCUT2D eigenvalue weighted by molar-refractivity contribution is 7.99. The summed E-state index contributed by atoms with van der Waals surface area (Å²) in [6.07, 6.45) is 2.53. The molecule has 1 aromatic rings. The van der Waals surface area contributed by atoms with Crippen molar-refractivity contribution < 1.29 is 0 Å². The van der Waals surface area contributed by atoms with Crippen molar-refractivity contribution in [1.82, 2.24) is 0 Å². The molecule has 0 radical (unpaired) electrons. The maximum Gasteiger partial charge on any atom is 0.0399 e. The molecular formula is C12H16ClNS. The first kappa shape index (κ1) is 11.2. The molecule has 1 aliphatic rings. The number of anilines is 1. The van der Waals surface area contributed by atoms with Gasteiger partial charge in [-0.25, -0.2) is 0 Å². The quantitative estimate of drug-likeness (QED) is 0.747. The summed E-state index contributed by atoms with van der Waals surface area (Å²) in [4.78, 5) is 3.68. The monoisotopic (exact) mass is 241 g/mol. The van der Waals surface area contributed by atoms with Crippen molar-refractivity contribution in [2.75, 3.05) is 30.1 Å². The summed E-state index contributed by atoms with van der Waals surface area (Å²) in [6, 6.07) is 6.76. The predicted octanol–water partition coefficient (Wildman–Crippen LogP) is 3.40. The second-order valence-electron chi connectivity index (χ2n) is 3.85. The molecule has 82 valence electrons. The Morgan fingerprint density at radius 1 is 1.47 bits per heavy atom. The number of hydrogen-bond acceptors (Lipinski definition) is 2. The minimum Gasteiger partial charge on any atom is -0.373 e. The van der Waals surface area contributed by atoms with Gasteiger partial charge in [-0.2, -0.15) is 0 Å².